The van der Waals surface area contributed by atoms with Gasteiger partial charge in [0.15, 0.2) is 5.82 Å². The number of anilines is 1. The smallest absolute Gasteiger partial charge is 0.156 e. The first-order valence-corrected chi connectivity index (χ1v) is 8.10. The Bertz CT molecular complexity index is 826. The lowest BCUT2D eigenvalue weighted by atomic mass is 9.92. The van der Waals surface area contributed by atoms with Gasteiger partial charge >= 0.3 is 0 Å². The van der Waals surface area contributed by atoms with Crippen LogP contribution in [-0.2, 0) is 0 Å². The summed E-state index contributed by atoms with van der Waals surface area (Å²) in [5, 5.41) is 1.22. The predicted octanol–water partition coefficient (Wildman–Crippen LogP) is 3.90. The van der Waals surface area contributed by atoms with Gasteiger partial charge in [0.2, 0.25) is 0 Å². The van der Waals surface area contributed by atoms with E-state index in [1.807, 2.05) is 0 Å². The number of aryl methyl sites for hydroxylation is 1. The minimum absolute atomic E-state index is 0.708. The van der Waals surface area contributed by atoms with Crippen molar-refractivity contribution in [1.82, 2.24) is 15.0 Å². The quantitative estimate of drug-likeness (QED) is 0.740. The molecule has 1 fully saturated rings. The third kappa shape index (κ3) is 2.05. The minimum atomic E-state index is 0.708. The molecular weight excluding hydrogens is 272 g/mol. The minimum Gasteiger partial charge on any atom is -0.354 e. The lowest BCUT2D eigenvalue weighted by molar-refractivity contribution is 0.356. The topological polar surface area (TPSA) is 44.8 Å². The van der Waals surface area contributed by atoms with Crippen LogP contribution in [0.15, 0.2) is 24.5 Å². The number of H-pyrrole nitrogens is 1. The second kappa shape index (κ2) is 4.97. The maximum absolute atomic E-state index is 4.61. The summed E-state index contributed by atoms with van der Waals surface area (Å²) in [6, 6.07) is 6.35. The van der Waals surface area contributed by atoms with Gasteiger partial charge in [-0.05, 0) is 36.8 Å². The zero-order valence-electron chi connectivity index (χ0n) is 13.4. The Balaban J connectivity index is 1.91. The zero-order valence-corrected chi connectivity index (χ0v) is 13.4. The Kier molecular flexibility index (Phi) is 3.06. The van der Waals surface area contributed by atoms with E-state index >= 15 is 0 Å². The molecule has 0 spiro atoms. The Labute approximate surface area is 130 Å². The van der Waals surface area contributed by atoms with Crippen LogP contribution in [0, 0.1) is 18.8 Å². The number of rotatable bonds is 1. The Morgan fingerprint density at radius 2 is 1.91 bits per heavy atom. The van der Waals surface area contributed by atoms with Crippen LogP contribution >= 0.6 is 0 Å². The monoisotopic (exact) mass is 294 g/mol. The molecule has 0 aliphatic carbocycles. The first kappa shape index (κ1) is 13.6. The highest BCUT2D eigenvalue weighted by atomic mass is 15.2. The molecule has 0 unspecified atom stereocenters. The summed E-state index contributed by atoms with van der Waals surface area (Å²) in [4.78, 5) is 15.1. The number of hydrogen-bond acceptors (Lipinski definition) is 3. The van der Waals surface area contributed by atoms with Gasteiger partial charge in [-0.15, -0.1) is 0 Å². The van der Waals surface area contributed by atoms with Crippen LogP contribution in [0.25, 0.3) is 21.9 Å². The van der Waals surface area contributed by atoms with Gasteiger partial charge in [0, 0.05) is 24.0 Å². The van der Waals surface area contributed by atoms with E-state index in [9.17, 15) is 0 Å². The number of aromatic nitrogens is 3. The molecule has 3 heterocycles. The van der Waals surface area contributed by atoms with Crippen molar-refractivity contribution < 1.29 is 0 Å². The average molecular weight is 294 g/mol. The number of fused-ring (bicyclic) bond motifs is 3. The highest BCUT2D eigenvalue weighted by Crippen LogP contribution is 2.33. The number of hydrogen-bond donors (Lipinski definition) is 1. The lowest BCUT2D eigenvalue weighted by Crippen LogP contribution is -2.39. The maximum atomic E-state index is 4.61. The number of nitrogens with zero attached hydrogens (tertiary/aromatic N) is 3. The van der Waals surface area contributed by atoms with Crippen molar-refractivity contribution >= 4 is 27.8 Å². The molecule has 0 saturated carbocycles. The summed E-state index contributed by atoms with van der Waals surface area (Å²) < 4.78 is 0. The first-order chi connectivity index (χ1) is 10.6. The van der Waals surface area contributed by atoms with Crippen LogP contribution in [0.3, 0.4) is 0 Å². The van der Waals surface area contributed by atoms with E-state index in [0.717, 1.165) is 35.5 Å². The van der Waals surface area contributed by atoms with Gasteiger partial charge in [0.25, 0.3) is 0 Å². The molecule has 22 heavy (non-hydrogen) atoms. The van der Waals surface area contributed by atoms with Gasteiger partial charge in [-0.25, -0.2) is 9.97 Å². The number of nitrogens with one attached hydrogen (secondary N) is 1. The molecule has 2 atom stereocenters. The van der Waals surface area contributed by atoms with Gasteiger partial charge in [0.05, 0.1) is 0 Å². The Morgan fingerprint density at radius 1 is 1.14 bits per heavy atom. The molecule has 4 rings (SSSR count). The fourth-order valence-electron chi connectivity index (χ4n) is 3.98. The molecule has 0 bridgehead atoms. The second-order valence-corrected chi connectivity index (χ2v) is 6.89. The zero-order chi connectivity index (χ0) is 15.3. The van der Waals surface area contributed by atoms with Gasteiger partial charge in [-0.3, -0.25) is 0 Å². The molecule has 0 radical (unpaired) electrons. The highest BCUT2D eigenvalue weighted by molar-refractivity contribution is 6.09. The van der Waals surface area contributed by atoms with Gasteiger partial charge in [-0.1, -0.05) is 26.0 Å². The predicted molar refractivity (Wildman–Crippen MR) is 91.3 cm³/mol. The molecule has 4 heteroatoms. The van der Waals surface area contributed by atoms with Crippen LogP contribution in [0.5, 0.6) is 0 Å². The summed E-state index contributed by atoms with van der Waals surface area (Å²) in [7, 11) is 0. The molecule has 3 aromatic rings. The standard InChI is InChI=1S/C18H22N4/c1-11-7-12(2)9-22(8-11)18-17-16(19-10-20-18)15-13(3)5-4-6-14(15)21-17/h4-6,10-12,21H,7-9H2,1-3H3/t11-,12-/m1/s1. The molecule has 0 amide bonds. The summed E-state index contributed by atoms with van der Waals surface area (Å²) in [6.45, 7) is 8.95. The Morgan fingerprint density at radius 3 is 2.68 bits per heavy atom. The molecule has 1 aliphatic rings. The fourth-order valence-corrected chi connectivity index (χ4v) is 3.98. The van der Waals surface area contributed by atoms with Gasteiger partial charge in [-0.2, -0.15) is 0 Å². The van der Waals surface area contributed by atoms with E-state index in [-0.39, 0.29) is 0 Å². The van der Waals surface area contributed by atoms with E-state index < -0.39 is 0 Å². The van der Waals surface area contributed by atoms with Crippen LogP contribution in [-0.4, -0.2) is 28.0 Å². The van der Waals surface area contributed by atoms with E-state index in [4.69, 9.17) is 0 Å². The van der Waals surface area contributed by atoms with Crippen LogP contribution < -0.4 is 4.90 Å². The maximum Gasteiger partial charge on any atom is 0.156 e. The van der Waals surface area contributed by atoms with Crippen LogP contribution in [0.4, 0.5) is 5.82 Å². The molecular formula is C18H22N4. The van der Waals surface area contributed by atoms with E-state index in [1.54, 1.807) is 6.33 Å². The summed E-state index contributed by atoms with van der Waals surface area (Å²) in [5.41, 5.74) is 4.53. The summed E-state index contributed by atoms with van der Waals surface area (Å²) >= 11 is 0. The lowest BCUT2D eigenvalue weighted by Gasteiger charge is -2.35. The first-order valence-electron chi connectivity index (χ1n) is 8.10. The van der Waals surface area contributed by atoms with E-state index in [2.05, 4.69) is 58.8 Å². The van der Waals surface area contributed by atoms with Crippen molar-refractivity contribution in [1.29, 1.82) is 0 Å². The fraction of sp³-hybridized carbons (Fsp3) is 0.444. The largest absolute Gasteiger partial charge is 0.354 e. The molecule has 4 nitrogen and oxygen atoms in total. The molecule has 114 valence electrons. The van der Waals surface area contributed by atoms with Crippen LogP contribution in [0.2, 0.25) is 0 Å². The number of piperidine rings is 1. The van der Waals surface area contributed by atoms with Crippen molar-refractivity contribution in [2.75, 3.05) is 18.0 Å². The SMILES string of the molecule is Cc1cccc2[nH]c3c(N4C[C@H](C)C[C@@H](C)C4)ncnc3c12. The van der Waals surface area contributed by atoms with Crippen LogP contribution in [0.1, 0.15) is 25.8 Å². The van der Waals surface area contributed by atoms with Crippen molar-refractivity contribution in [2.45, 2.75) is 27.2 Å². The van der Waals surface area contributed by atoms with E-state index in [1.165, 1.54) is 17.4 Å². The molecule has 1 N–H and O–H groups in total. The third-order valence-electron chi connectivity index (χ3n) is 4.76. The van der Waals surface area contributed by atoms with E-state index in [0.29, 0.717) is 11.8 Å². The number of aromatic amines is 1. The van der Waals surface area contributed by atoms with Crippen molar-refractivity contribution in [3.63, 3.8) is 0 Å². The molecule has 1 saturated heterocycles. The van der Waals surface area contributed by atoms with Crippen molar-refractivity contribution in [3.8, 4) is 0 Å². The van der Waals surface area contributed by atoms with Gasteiger partial charge in [0.1, 0.15) is 17.4 Å². The molecule has 1 aliphatic heterocycles. The van der Waals surface area contributed by atoms with Crippen molar-refractivity contribution in [2.24, 2.45) is 11.8 Å². The van der Waals surface area contributed by atoms with Gasteiger partial charge < -0.3 is 9.88 Å². The normalized spacial score (nSPS) is 22.6. The highest BCUT2D eigenvalue weighted by Gasteiger charge is 2.25. The molecule has 2 aromatic heterocycles. The van der Waals surface area contributed by atoms with Crippen molar-refractivity contribution in [3.05, 3.63) is 30.1 Å². The Hall–Kier alpha value is -2.10. The summed E-state index contributed by atoms with van der Waals surface area (Å²) in [6.07, 6.45) is 3.01. The average Bonchev–Trinajstić information content (AvgIpc) is 2.85. The third-order valence-corrected chi connectivity index (χ3v) is 4.76. The second-order valence-electron chi connectivity index (χ2n) is 6.89. The molecule has 1 aromatic carbocycles. The summed E-state index contributed by atoms with van der Waals surface area (Å²) in [5.74, 6) is 2.47. The number of benzene rings is 1.